The molecule has 0 aliphatic carbocycles. The normalized spacial score (nSPS) is 15.9. The van der Waals surface area contributed by atoms with Crippen LogP contribution in [0.4, 0.5) is 5.82 Å². The van der Waals surface area contributed by atoms with Crippen LogP contribution in [0.1, 0.15) is 45.3 Å². The molecule has 142 valence electrons. The average molecular weight is 396 g/mol. The van der Waals surface area contributed by atoms with Crippen molar-refractivity contribution in [2.45, 2.75) is 33.1 Å². The molecule has 0 spiro atoms. The quantitative estimate of drug-likeness (QED) is 0.685. The Morgan fingerprint density at radius 3 is 2.43 bits per heavy atom. The molecule has 1 aromatic carbocycles. The Kier molecular flexibility index (Phi) is 4.47. The number of aryl methyl sites for hydroxylation is 3. The number of carbonyl (C=O) groups is 2. The summed E-state index contributed by atoms with van der Waals surface area (Å²) in [4.78, 5) is 34.4. The van der Waals surface area contributed by atoms with Gasteiger partial charge in [0.05, 0.1) is 11.6 Å². The van der Waals surface area contributed by atoms with Gasteiger partial charge in [-0.2, -0.15) is 9.78 Å². The van der Waals surface area contributed by atoms with E-state index in [0.717, 1.165) is 11.4 Å². The fourth-order valence-corrected chi connectivity index (χ4v) is 3.66. The molecule has 1 atom stereocenters. The third kappa shape index (κ3) is 3.18. The van der Waals surface area contributed by atoms with E-state index in [1.54, 1.807) is 24.3 Å². The van der Waals surface area contributed by atoms with E-state index in [1.807, 2.05) is 26.8 Å². The number of benzene rings is 1. The summed E-state index contributed by atoms with van der Waals surface area (Å²) in [7, 11) is 0. The zero-order chi connectivity index (χ0) is 20.0. The molecule has 0 bridgehead atoms. The Hall–Kier alpha value is -3.06. The number of nitrogens with one attached hydrogen (secondary N) is 1. The molecule has 0 saturated carbocycles. The fourth-order valence-electron chi connectivity index (χ4n) is 3.53. The van der Waals surface area contributed by atoms with E-state index < -0.39 is 5.92 Å². The van der Waals surface area contributed by atoms with Gasteiger partial charge in [-0.3, -0.25) is 9.59 Å². The topological polar surface area (TPSA) is 89.8 Å². The van der Waals surface area contributed by atoms with Crippen molar-refractivity contribution in [3.63, 3.8) is 0 Å². The minimum absolute atomic E-state index is 0.0642. The van der Waals surface area contributed by atoms with Crippen molar-refractivity contribution < 1.29 is 9.59 Å². The number of fused-ring (bicyclic) bond motifs is 1. The van der Waals surface area contributed by atoms with Gasteiger partial charge < -0.3 is 5.32 Å². The van der Waals surface area contributed by atoms with Crippen LogP contribution in [0.5, 0.6) is 0 Å². The zero-order valence-corrected chi connectivity index (χ0v) is 16.4. The molecular formula is C20H18ClN5O2. The number of hydrogen-bond acceptors (Lipinski definition) is 5. The van der Waals surface area contributed by atoms with Crippen LogP contribution in [0.2, 0.25) is 5.02 Å². The van der Waals surface area contributed by atoms with Gasteiger partial charge in [0.1, 0.15) is 5.82 Å². The van der Waals surface area contributed by atoms with Gasteiger partial charge in [0, 0.05) is 34.0 Å². The molecule has 1 aliphatic heterocycles. The number of ketones is 1. The van der Waals surface area contributed by atoms with Crippen molar-refractivity contribution in [1.29, 1.82) is 0 Å². The predicted molar refractivity (Wildman–Crippen MR) is 105 cm³/mol. The van der Waals surface area contributed by atoms with Crippen LogP contribution in [0.15, 0.2) is 30.3 Å². The molecule has 8 heteroatoms. The first-order valence-corrected chi connectivity index (χ1v) is 9.23. The number of rotatable bonds is 3. The molecule has 1 unspecified atom stereocenters. The van der Waals surface area contributed by atoms with Gasteiger partial charge in [0.2, 0.25) is 5.91 Å². The summed E-state index contributed by atoms with van der Waals surface area (Å²) < 4.78 is 1.50. The van der Waals surface area contributed by atoms with Crippen LogP contribution in [0, 0.1) is 20.8 Å². The van der Waals surface area contributed by atoms with Crippen LogP contribution < -0.4 is 5.32 Å². The second-order valence-corrected chi connectivity index (χ2v) is 7.32. The van der Waals surface area contributed by atoms with Gasteiger partial charge in [-0.05, 0) is 51.1 Å². The number of nitrogens with zero attached hydrogens (tertiary/aromatic N) is 4. The van der Waals surface area contributed by atoms with Crippen molar-refractivity contribution in [3.05, 3.63) is 63.6 Å². The molecule has 0 saturated heterocycles. The second kappa shape index (κ2) is 6.83. The Morgan fingerprint density at radius 1 is 1.14 bits per heavy atom. The molecule has 2 aromatic heterocycles. The Bertz CT molecular complexity index is 1080. The van der Waals surface area contributed by atoms with E-state index in [9.17, 15) is 9.59 Å². The number of amides is 1. The summed E-state index contributed by atoms with van der Waals surface area (Å²) in [5, 5.41) is 7.91. The molecule has 7 nitrogen and oxygen atoms in total. The smallest absolute Gasteiger partial charge is 0.252 e. The van der Waals surface area contributed by atoms with Crippen LogP contribution in [0.25, 0.3) is 5.95 Å². The standard InChI is InChI=1S/C20H18ClN5O2/c1-10-8-11(2)23-20(22-10)26-19-17(12(3)25-26)15(9-16(27)24-19)18(28)13-4-6-14(21)7-5-13/h4-8,15H,9H2,1-3H3,(H,24,27). The number of Topliss-reactive ketones (excluding diaryl/α,β-unsaturated/α-hetero) is 1. The maximum absolute atomic E-state index is 13.1. The van der Waals surface area contributed by atoms with Crippen molar-refractivity contribution in [2.24, 2.45) is 0 Å². The summed E-state index contributed by atoms with van der Waals surface area (Å²) in [6, 6.07) is 8.53. The molecule has 4 rings (SSSR count). The minimum atomic E-state index is -0.621. The monoisotopic (exact) mass is 395 g/mol. The first-order valence-electron chi connectivity index (χ1n) is 8.85. The Labute approximate surface area is 166 Å². The maximum atomic E-state index is 13.1. The van der Waals surface area contributed by atoms with Crippen molar-refractivity contribution in [1.82, 2.24) is 19.7 Å². The van der Waals surface area contributed by atoms with Crippen molar-refractivity contribution in [2.75, 3.05) is 5.32 Å². The first kappa shape index (κ1) is 18.3. The van der Waals surface area contributed by atoms with Gasteiger partial charge in [-0.25, -0.2) is 9.97 Å². The maximum Gasteiger partial charge on any atom is 0.252 e. The Morgan fingerprint density at radius 2 is 1.79 bits per heavy atom. The van der Waals surface area contributed by atoms with Gasteiger partial charge in [0.25, 0.3) is 5.95 Å². The number of anilines is 1. The lowest BCUT2D eigenvalue weighted by molar-refractivity contribution is -0.116. The van der Waals surface area contributed by atoms with E-state index in [-0.39, 0.29) is 18.1 Å². The summed E-state index contributed by atoms with van der Waals surface area (Å²) >= 11 is 5.93. The summed E-state index contributed by atoms with van der Waals surface area (Å²) in [6.45, 7) is 5.55. The minimum Gasteiger partial charge on any atom is -0.310 e. The second-order valence-electron chi connectivity index (χ2n) is 6.89. The number of carbonyl (C=O) groups excluding carboxylic acids is 2. The lowest BCUT2D eigenvalue weighted by Crippen LogP contribution is -2.28. The highest BCUT2D eigenvalue weighted by molar-refractivity contribution is 6.30. The highest BCUT2D eigenvalue weighted by Crippen LogP contribution is 2.37. The number of halogens is 1. The Balaban J connectivity index is 1.83. The van der Waals surface area contributed by atoms with Gasteiger partial charge in [-0.15, -0.1) is 0 Å². The average Bonchev–Trinajstić information content (AvgIpc) is 2.97. The first-order chi connectivity index (χ1) is 13.3. The van der Waals surface area contributed by atoms with Crippen LogP contribution in [0.3, 0.4) is 0 Å². The van der Waals surface area contributed by atoms with Crippen LogP contribution in [-0.4, -0.2) is 31.4 Å². The van der Waals surface area contributed by atoms with Gasteiger partial charge >= 0.3 is 0 Å². The lowest BCUT2D eigenvalue weighted by atomic mass is 9.85. The zero-order valence-electron chi connectivity index (χ0n) is 15.7. The predicted octanol–water partition coefficient (Wildman–Crippen LogP) is 3.55. The lowest BCUT2D eigenvalue weighted by Gasteiger charge is -2.23. The van der Waals surface area contributed by atoms with Gasteiger partial charge in [0.15, 0.2) is 5.78 Å². The van der Waals surface area contributed by atoms with Crippen molar-refractivity contribution >= 4 is 29.1 Å². The molecule has 1 N–H and O–H groups in total. The van der Waals surface area contributed by atoms with E-state index in [2.05, 4.69) is 20.4 Å². The summed E-state index contributed by atoms with van der Waals surface area (Å²) in [5.41, 5.74) is 3.44. The summed E-state index contributed by atoms with van der Waals surface area (Å²) in [6.07, 6.45) is 0.0642. The van der Waals surface area contributed by atoms with E-state index in [0.29, 0.717) is 33.6 Å². The van der Waals surface area contributed by atoms with E-state index >= 15 is 0 Å². The molecule has 3 heterocycles. The largest absolute Gasteiger partial charge is 0.310 e. The van der Waals surface area contributed by atoms with Crippen molar-refractivity contribution in [3.8, 4) is 5.95 Å². The van der Waals surface area contributed by atoms with E-state index in [1.165, 1.54) is 4.68 Å². The molecule has 3 aromatic rings. The fraction of sp³-hybridized carbons (Fsp3) is 0.250. The number of aromatic nitrogens is 4. The molecule has 1 amide bonds. The molecule has 28 heavy (non-hydrogen) atoms. The van der Waals surface area contributed by atoms with Crippen LogP contribution in [-0.2, 0) is 4.79 Å². The van der Waals surface area contributed by atoms with Crippen LogP contribution >= 0.6 is 11.6 Å². The highest BCUT2D eigenvalue weighted by Gasteiger charge is 2.36. The molecular weight excluding hydrogens is 378 g/mol. The highest BCUT2D eigenvalue weighted by atomic mass is 35.5. The SMILES string of the molecule is Cc1cc(C)nc(-n2nc(C)c3c2NC(=O)CC3C(=O)c2ccc(Cl)cc2)n1. The van der Waals surface area contributed by atoms with Gasteiger partial charge in [-0.1, -0.05) is 11.6 Å². The molecule has 0 radical (unpaired) electrons. The summed E-state index contributed by atoms with van der Waals surface area (Å²) in [5.74, 6) is -0.195. The molecule has 1 aliphatic rings. The van der Waals surface area contributed by atoms with E-state index in [4.69, 9.17) is 11.6 Å². The third-order valence-electron chi connectivity index (χ3n) is 4.71. The molecule has 0 fully saturated rings. The number of hydrogen-bond donors (Lipinski definition) is 1. The third-order valence-corrected chi connectivity index (χ3v) is 4.96.